The Labute approximate surface area is 156 Å². The molecule has 8 heteroatoms. The van der Waals surface area contributed by atoms with Gasteiger partial charge in [0.25, 0.3) is 0 Å². The normalized spacial score (nSPS) is 10.9. The molecule has 2 aromatic carbocycles. The first kappa shape index (κ1) is 18.2. The first-order valence-corrected chi connectivity index (χ1v) is 8.15. The molecule has 0 bridgehead atoms. The van der Waals surface area contributed by atoms with Crippen LogP contribution < -0.4 is 19.5 Å². The third-order valence-electron chi connectivity index (χ3n) is 4.05. The number of ether oxygens (including phenoxy) is 3. The molecule has 3 aromatic rings. The Morgan fingerprint density at radius 3 is 2.59 bits per heavy atom. The monoisotopic (exact) mass is 368 g/mol. The van der Waals surface area contributed by atoms with Crippen LogP contribution in [0, 0.1) is 0 Å². The van der Waals surface area contributed by atoms with E-state index in [1.165, 1.54) is 12.5 Å². The van der Waals surface area contributed by atoms with Gasteiger partial charge in [0.1, 0.15) is 17.7 Å². The van der Waals surface area contributed by atoms with Crippen LogP contribution in [0.3, 0.4) is 0 Å². The van der Waals surface area contributed by atoms with E-state index in [0.717, 1.165) is 16.5 Å². The molecule has 8 nitrogen and oxygen atoms in total. The van der Waals surface area contributed by atoms with E-state index in [1.807, 2.05) is 30.3 Å². The summed E-state index contributed by atoms with van der Waals surface area (Å²) in [5.41, 5.74) is 2.43. The molecule has 0 radical (unpaired) electrons. The predicted octanol–water partition coefficient (Wildman–Crippen LogP) is 3.08. The number of hydrogen-bond acceptors (Lipinski definition) is 8. The van der Waals surface area contributed by atoms with Gasteiger partial charge in [-0.05, 0) is 23.3 Å². The molecule has 0 aliphatic carbocycles. The molecule has 0 saturated heterocycles. The molecule has 3 rings (SSSR count). The summed E-state index contributed by atoms with van der Waals surface area (Å²) >= 11 is 0. The average molecular weight is 368 g/mol. The maximum Gasteiger partial charge on any atom is 0.205 e. The van der Waals surface area contributed by atoms with Crippen molar-refractivity contribution in [2.24, 2.45) is 5.16 Å². The molecule has 0 aliphatic rings. The van der Waals surface area contributed by atoms with Gasteiger partial charge in [-0.1, -0.05) is 23.4 Å². The third kappa shape index (κ3) is 3.69. The highest BCUT2D eigenvalue weighted by molar-refractivity contribution is 5.96. The van der Waals surface area contributed by atoms with Gasteiger partial charge in [0.2, 0.25) is 5.75 Å². The lowest BCUT2D eigenvalue weighted by molar-refractivity contribution is 0.322. The topological polar surface area (TPSA) is 98.1 Å². The van der Waals surface area contributed by atoms with Gasteiger partial charge in [0.15, 0.2) is 11.5 Å². The fourth-order valence-electron chi connectivity index (χ4n) is 2.84. The van der Waals surface area contributed by atoms with Gasteiger partial charge in [-0.2, -0.15) is 0 Å². The van der Waals surface area contributed by atoms with Crippen LogP contribution in [0.1, 0.15) is 11.1 Å². The largest absolute Gasteiger partial charge is 0.493 e. The molecule has 0 saturated carbocycles. The molecule has 0 unspecified atom stereocenters. The molecule has 0 aliphatic heterocycles. The Bertz CT molecular complexity index is 975. The Morgan fingerprint density at radius 2 is 1.89 bits per heavy atom. The van der Waals surface area contributed by atoms with Gasteiger partial charge >= 0.3 is 0 Å². The third-order valence-corrected chi connectivity index (χ3v) is 4.05. The van der Waals surface area contributed by atoms with Crippen molar-refractivity contribution < 1.29 is 19.4 Å². The first-order chi connectivity index (χ1) is 13.2. The minimum absolute atomic E-state index is 0.480. The van der Waals surface area contributed by atoms with E-state index in [1.54, 1.807) is 21.3 Å². The number of rotatable bonds is 7. The van der Waals surface area contributed by atoms with Crippen LogP contribution in [0.2, 0.25) is 0 Å². The maximum atomic E-state index is 8.68. The van der Waals surface area contributed by atoms with Gasteiger partial charge in [-0.3, -0.25) is 0 Å². The number of anilines is 1. The number of nitrogens with zero attached hydrogens (tertiary/aromatic N) is 3. The van der Waals surface area contributed by atoms with E-state index in [4.69, 9.17) is 19.4 Å². The molecule has 27 heavy (non-hydrogen) atoms. The number of benzene rings is 2. The molecule has 0 fully saturated rings. The second-order valence-corrected chi connectivity index (χ2v) is 5.61. The van der Waals surface area contributed by atoms with Crippen LogP contribution in [0.15, 0.2) is 41.8 Å². The van der Waals surface area contributed by atoms with Crippen molar-refractivity contribution >= 4 is 22.9 Å². The zero-order chi connectivity index (χ0) is 19.2. The van der Waals surface area contributed by atoms with E-state index in [2.05, 4.69) is 20.4 Å². The number of fused-ring (bicyclic) bond motifs is 1. The smallest absolute Gasteiger partial charge is 0.205 e. The van der Waals surface area contributed by atoms with Gasteiger partial charge in [0, 0.05) is 6.54 Å². The van der Waals surface area contributed by atoms with Crippen LogP contribution in [-0.2, 0) is 6.54 Å². The standard InChI is InChI=1S/C19H20N4O4/c1-25-15-8-14-16(18(27-3)17(15)26-2)21-11-22-19(14)20-9-12-5-4-6-13(7-12)10-23-24/h4-8,10-11,24H,9H2,1-3H3,(H,20,21,22). The summed E-state index contributed by atoms with van der Waals surface area (Å²) < 4.78 is 16.3. The van der Waals surface area contributed by atoms with Crippen LogP contribution in [0.5, 0.6) is 17.2 Å². The van der Waals surface area contributed by atoms with Gasteiger partial charge < -0.3 is 24.7 Å². The summed E-state index contributed by atoms with van der Waals surface area (Å²) in [7, 11) is 4.67. The second kappa shape index (κ2) is 8.22. The Balaban J connectivity index is 1.99. The highest BCUT2D eigenvalue weighted by atomic mass is 16.5. The van der Waals surface area contributed by atoms with Crippen molar-refractivity contribution in [3.63, 3.8) is 0 Å². The molecule has 2 N–H and O–H groups in total. The summed E-state index contributed by atoms with van der Waals surface area (Å²) in [4.78, 5) is 8.68. The van der Waals surface area contributed by atoms with Crippen molar-refractivity contribution in [3.8, 4) is 17.2 Å². The van der Waals surface area contributed by atoms with Crippen molar-refractivity contribution in [2.45, 2.75) is 6.54 Å². The van der Waals surface area contributed by atoms with Crippen LogP contribution >= 0.6 is 0 Å². The van der Waals surface area contributed by atoms with E-state index >= 15 is 0 Å². The number of aromatic nitrogens is 2. The van der Waals surface area contributed by atoms with Crippen LogP contribution in [-0.4, -0.2) is 42.7 Å². The molecule has 0 spiro atoms. The van der Waals surface area contributed by atoms with Crippen molar-refractivity contribution in [1.29, 1.82) is 0 Å². The predicted molar refractivity (Wildman–Crippen MR) is 102 cm³/mol. The zero-order valence-electron chi connectivity index (χ0n) is 15.3. The van der Waals surface area contributed by atoms with Gasteiger partial charge in [-0.25, -0.2) is 9.97 Å². The number of oxime groups is 1. The van der Waals surface area contributed by atoms with Crippen molar-refractivity contribution in [2.75, 3.05) is 26.6 Å². The molecular formula is C19H20N4O4. The van der Waals surface area contributed by atoms with Crippen molar-refractivity contribution in [3.05, 3.63) is 47.8 Å². The van der Waals surface area contributed by atoms with Crippen LogP contribution in [0.25, 0.3) is 10.9 Å². The van der Waals surface area contributed by atoms with E-state index < -0.39 is 0 Å². The molecule has 0 amide bonds. The maximum absolute atomic E-state index is 8.68. The summed E-state index contributed by atoms with van der Waals surface area (Å²) in [6.07, 6.45) is 2.85. The fraction of sp³-hybridized carbons (Fsp3) is 0.211. The lowest BCUT2D eigenvalue weighted by Crippen LogP contribution is -2.04. The second-order valence-electron chi connectivity index (χ2n) is 5.61. The summed E-state index contributed by atoms with van der Waals surface area (Å²) in [6, 6.07) is 9.44. The highest BCUT2D eigenvalue weighted by Crippen LogP contribution is 2.43. The quantitative estimate of drug-likeness (QED) is 0.376. The lowest BCUT2D eigenvalue weighted by atomic mass is 10.1. The summed E-state index contributed by atoms with van der Waals surface area (Å²) in [6.45, 7) is 0.524. The minimum atomic E-state index is 0.480. The first-order valence-electron chi connectivity index (χ1n) is 8.15. The molecular weight excluding hydrogens is 348 g/mol. The number of nitrogens with one attached hydrogen (secondary N) is 1. The van der Waals surface area contributed by atoms with Gasteiger partial charge in [-0.15, -0.1) is 0 Å². The van der Waals surface area contributed by atoms with Gasteiger partial charge in [0.05, 0.1) is 32.9 Å². The zero-order valence-corrected chi connectivity index (χ0v) is 15.3. The molecule has 0 atom stereocenters. The SMILES string of the molecule is COc1cc2c(NCc3cccc(C=NO)c3)ncnc2c(OC)c1OC. The molecule has 1 heterocycles. The Kier molecular flexibility index (Phi) is 5.55. The Hall–Kier alpha value is -3.55. The lowest BCUT2D eigenvalue weighted by Gasteiger charge is -2.16. The van der Waals surface area contributed by atoms with E-state index in [9.17, 15) is 0 Å². The molecule has 140 valence electrons. The van der Waals surface area contributed by atoms with Crippen molar-refractivity contribution in [1.82, 2.24) is 9.97 Å². The summed E-state index contributed by atoms with van der Waals surface area (Å²) in [5, 5.41) is 15.8. The highest BCUT2D eigenvalue weighted by Gasteiger charge is 2.19. The number of methoxy groups -OCH3 is 3. The van der Waals surface area contributed by atoms with E-state index in [-0.39, 0.29) is 0 Å². The summed E-state index contributed by atoms with van der Waals surface area (Å²) in [5.74, 6) is 2.13. The Morgan fingerprint density at radius 1 is 1.07 bits per heavy atom. The average Bonchev–Trinajstić information content (AvgIpc) is 2.71. The van der Waals surface area contributed by atoms with Crippen LogP contribution in [0.4, 0.5) is 5.82 Å². The minimum Gasteiger partial charge on any atom is -0.493 e. The number of hydrogen-bond donors (Lipinski definition) is 2. The molecule has 1 aromatic heterocycles. The fourth-order valence-corrected chi connectivity index (χ4v) is 2.84. The van der Waals surface area contributed by atoms with E-state index in [0.29, 0.717) is 35.1 Å².